The number of hydrogen-bond donors (Lipinski definition) is 3. The first kappa shape index (κ1) is 47.4. The van der Waals surface area contributed by atoms with Gasteiger partial charge in [0, 0.05) is 70.1 Å². The first-order valence-corrected chi connectivity index (χ1v) is 22.0. The number of likely N-dealkylation sites (N-methyl/N-ethyl adjacent to an activating group) is 1. The van der Waals surface area contributed by atoms with Crippen molar-refractivity contribution in [2.75, 3.05) is 46.9 Å². The van der Waals surface area contributed by atoms with Gasteiger partial charge >= 0.3 is 0 Å². The number of amides is 4. The van der Waals surface area contributed by atoms with Gasteiger partial charge in [-0.05, 0) is 97.7 Å². The maximum absolute atomic E-state index is 14.3. The van der Waals surface area contributed by atoms with Crippen molar-refractivity contribution in [3.05, 3.63) is 84.5 Å². The second-order valence-corrected chi connectivity index (χ2v) is 18.0. The van der Waals surface area contributed by atoms with Crippen LogP contribution >= 0.6 is 0 Å². The zero-order chi connectivity index (χ0) is 46.3. The van der Waals surface area contributed by atoms with Gasteiger partial charge in [0.25, 0.3) is 12.4 Å². The van der Waals surface area contributed by atoms with Gasteiger partial charge < -0.3 is 34.1 Å². The lowest BCUT2D eigenvalue weighted by molar-refractivity contribution is -0.145. The van der Waals surface area contributed by atoms with Gasteiger partial charge in [-0.25, -0.2) is 10.4 Å². The molecule has 0 bridgehead atoms. The van der Waals surface area contributed by atoms with Crippen molar-refractivity contribution in [1.82, 2.24) is 39.9 Å². The number of methoxy groups -OCH3 is 1. The van der Waals surface area contributed by atoms with Gasteiger partial charge in [-0.2, -0.15) is 0 Å². The third-order valence-electron chi connectivity index (χ3n) is 12.2. The number of fused-ring (bicyclic) bond motifs is 1. The van der Waals surface area contributed by atoms with Crippen LogP contribution in [0.4, 0.5) is 0 Å². The van der Waals surface area contributed by atoms with Crippen LogP contribution in [0.5, 0.6) is 5.75 Å². The van der Waals surface area contributed by atoms with Crippen LogP contribution in [0.2, 0.25) is 0 Å². The van der Waals surface area contributed by atoms with E-state index in [2.05, 4.69) is 22.3 Å². The number of benzene rings is 1. The standard InChI is InChI=1S/C48H62N8O8/c1-9-41(59)54-20-16-34(26-54)46(61)53(7)44(30(2)3)45(60)51-38(47(62)56-19-11-10-18-50-56)23-32-21-35(24-36(58)22-32)33-14-15-40-52-43(37-13-12-17-49-42(37)31(4)63-8)39(55(40)27-33)25-48(5,6)28-64-29-57/h9,12-15,17,21-22,24,27,29-31,34,38,44,50,58H,1,10-11,16,18-20,23,25-26,28H2,2-8H3,(H,51,60)/t31-,34-,38-,44-/m0/s1. The molecule has 0 unspecified atom stereocenters. The number of likely N-dealkylation sites (tertiary alicyclic amines) is 1. The van der Waals surface area contributed by atoms with E-state index in [1.807, 2.05) is 75.5 Å². The molecule has 0 radical (unpaired) electrons. The van der Waals surface area contributed by atoms with E-state index < -0.39 is 29.3 Å². The first-order valence-electron chi connectivity index (χ1n) is 22.0. The van der Waals surface area contributed by atoms with E-state index in [4.69, 9.17) is 14.5 Å². The summed E-state index contributed by atoms with van der Waals surface area (Å²) in [6.45, 7) is 15.6. The lowest BCUT2D eigenvalue weighted by atomic mass is 9.87. The number of phenols is 1. The Morgan fingerprint density at radius 3 is 2.56 bits per heavy atom. The molecule has 5 heterocycles. The number of rotatable bonds is 18. The Hall–Kier alpha value is -6.13. The second-order valence-electron chi connectivity index (χ2n) is 18.0. The quantitative estimate of drug-likeness (QED) is 0.0913. The molecule has 2 aliphatic rings. The number of imidazole rings is 1. The Morgan fingerprint density at radius 2 is 1.88 bits per heavy atom. The summed E-state index contributed by atoms with van der Waals surface area (Å²) in [6, 6.07) is 10.8. The van der Waals surface area contributed by atoms with E-state index in [9.17, 15) is 29.1 Å². The van der Waals surface area contributed by atoms with Crippen molar-refractivity contribution in [2.24, 2.45) is 17.3 Å². The van der Waals surface area contributed by atoms with Crippen LogP contribution in [-0.4, -0.2) is 123 Å². The van der Waals surface area contributed by atoms with Crippen LogP contribution < -0.4 is 10.7 Å². The van der Waals surface area contributed by atoms with E-state index in [0.717, 1.165) is 35.4 Å². The predicted octanol–water partition coefficient (Wildman–Crippen LogP) is 4.89. The topological polar surface area (TPSA) is 188 Å². The molecule has 0 spiro atoms. The van der Waals surface area contributed by atoms with E-state index in [-0.39, 0.29) is 55.1 Å². The molecule has 6 rings (SSSR count). The Bertz CT molecular complexity index is 2350. The summed E-state index contributed by atoms with van der Waals surface area (Å²) in [5.41, 5.74) is 8.47. The van der Waals surface area contributed by atoms with Gasteiger partial charge in [-0.1, -0.05) is 40.3 Å². The van der Waals surface area contributed by atoms with Crippen LogP contribution in [0, 0.1) is 17.3 Å². The fraction of sp³-hybridized carbons (Fsp3) is 0.479. The number of carbonyl (C=O) groups is 5. The van der Waals surface area contributed by atoms with E-state index >= 15 is 0 Å². The van der Waals surface area contributed by atoms with Gasteiger partial charge in [0.15, 0.2) is 0 Å². The summed E-state index contributed by atoms with van der Waals surface area (Å²) in [5.74, 6) is -2.11. The highest BCUT2D eigenvalue weighted by Crippen LogP contribution is 2.36. The Balaban J connectivity index is 1.34. The summed E-state index contributed by atoms with van der Waals surface area (Å²) in [4.78, 5) is 78.7. The predicted molar refractivity (Wildman–Crippen MR) is 241 cm³/mol. The number of pyridine rings is 2. The van der Waals surface area contributed by atoms with E-state index in [0.29, 0.717) is 61.4 Å². The highest BCUT2D eigenvalue weighted by Gasteiger charge is 2.39. The Kier molecular flexibility index (Phi) is 15.2. The zero-order valence-electron chi connectivity index (χ0n) is 38.0. The summed E-state index contributed by atoms with van der Waals surface area (Å²) in [5, 5.41) is 15.8. The highest BCUT2D eigenvalue weighted by atomic mass is 16.5. The van der Waals surface area contributed by atoms with Gasteiger partial charge in [0.1, 0.15) is 23.5 Å². The summed E-state index contributed by atoms with van der Waals surface area (Å²) < 4.78 is 12.9. The maximum Gasteiger partial charge on any atom is 0.293 e. The van der Waals surface area contributed by atoms with Crippen LogP contribution in [0.1, 0.15) is 76.9 Å². The third-order valence-corrected chi connectivity index (χ3v) is 12.2. The minimum Gasteiger partial charge on any atom is -0.508 e. The maximum atomic E-state index is 14.3. The Morgan fingerprint density at radius 1 is 1.09 bits per heavy atom. The number of hydrazine groups is 1. The van der Waals surface area contributed by atoms with Crippen LogP contribution in [-0.2, 0) is 46.3 Å². The van der Waals surface area contributed by atoms with Crippen LogP contribution in [0.25, 0.3) is 28.0 Å². The average Bonchev–Trinajstić information content (AvgIpc) is 3.92. The third kappa shape index (κ3) is 10.8. The van der Waals surface area contributed by atoms with Crippen molar-refractivity contribution < 1.29 is 38.6 Å². The molecule has 0 saturated carbocycles. The molecule has 4 atom stereocenters. The average molecular weight is 879 g/mol. The molecule has 2 fully saturated rings. The lowest BCUT2D eigenvalue weighted by Gasteiger charge is -2.35. The number of aromatic hydroxyl groups is 1. The van der Waals surface area contributed by atoms with Gasteiger partial charge in [0.05, 0.1) is 35.7 Å². The minimum atomic E-state index is -1.05. The first-order chi connectivity index (χ1) is 30.5. The van der Waals surface area contributed by atoms with E-state index in [1.165, 1.54) is 16.0 Å². The number of ether oxygens (including phenoxy) is 2. The van der Waals surface area contributed by atoms with E-state index in [1.54, 1.807) is 37.4 Å². The molecular formula is C48H62N8O8. The normalized spacial score (nSPS) is 16.9. The number of hydrogen-bond acceptors (Lipinski definition) is 11. The fourth-order valence-electron chi connectivity index (χ4n) is 8.82. The molecule has 16 heteroatoms. The lowest BCUT2D eigenvalue weighted by Crippen LogP contribution is -2.59. The van der Waals surface area contributed by atoms with Crippen LogP contribution in [0.15, 0.2) is 67.5 Å². The summed E-state index contributed by atoms with van der Waals surface area (Å²) in [6.07, 6.45) is 7.28. The smallest absolute Gasteiger partial charge is 0.293 e. The SMILES string of the molecule is C=CC(=O)N1CC[C@H](C(=O)N(C)[C@H](C(=O)N[C@@H](Cc2cc(O)cc(-c3ccc4nc(-c5cccnc5[C@H](C)OC)c(CC(C)(C)COC=O)n4c3)c2)C(=O)N2CCCCN2)C(C)C)C1. The van der Waals surface area contributed by atoms with Crippen molar-refractivity contribution >= 4 is 35.7 Å². The molecule has 2 saturated heterocycles. The molecule has 0 aliphatic carbocycles. The molecule has 342 valence electrons. The molecule has 3 N–H and O–H groups in total. The number of nitrogens with zero attached hydrogens (tertiary/aromatic N) is 6. The molecular weight excluding hydrogens is 817 g/mol. The van der Waals surface area contributed by atoms with Crippen molar-refractivity contribution in [1.29, 1.82) is 0 Å². The minimum absolute atomic E-state index is 0.0283. The van der Waals surface area contributed by atoms with Crippen molar-refractivity contribution in [2.45, 2.75) is 84.9 Å². The molecule has 2 aliphatic heterocycles. The van der Waals surface area contributed by atoms with Crippen molar-refractivity contribution in [3.63, 3.8) is 0 Å². The molecule has 4 amide bonds. The second kappa shape index (κ2) is 20.6. The largest absolute Gasteiger partial charge is 0.508 e. The monoisotopic (exact) mass is 878 g/mol. The Labute approximate surface area is 375 Å². The molecule has 4 aromatic rings. The summed E-state index contributed by atoms with van der Waals surface area (Å²) in [7, 11) is 3.22. The molecule has 16 nitrogen and oxygen atoms in total. The number of aromatic nitrogens is 3. The summed E-state index contributed by atoms with van der Waals surface area (Å²) >= 11 is 0. The van der Waals surface area contributed by atoms with Gasteiger partial charge in [-0.3, -0.25) is 34.0 Å². The number of phenolic OH excluding ortho intramolecular Hbond substituents is 1. The molecule has 1 aromatic carbocycles. The number of nitrogens with one attached hydrogen (secondary N) is 2. The van der Waals surface area contributed by atoms with Crippen LogP contribution in [0.3, 0.4) is 0 Å². The highest BCUT2D eigenvalue weighted by molar-refractivity contribution is 5.93. The molecule has 64 heavy (non-hydrogen) atoms. The molecule has 3 aromatic heterocycles. The van der Waals surface area contributed by atoms with Gasteiger partial charge in [-0.15, -0.1) is 0 Å². The zero-order valence-corrected chi connectivity index (χ0v) is 38.0. The van der Waals surface area contributed by atoms with Crippen molar-refractivity contribution in [3.8, 4) is 28.1 Å². The fourth-order valence-corrected chi connectivity index (χ4v) is 8.82. The van der Waals surface area contributed by atoms with Gasteiger partial charge in [0.2, 0.25) is 17.7 Å². The number of carbonyl (C=O) groups excluding carboxylic acids is 5.